The van der Waals surface area contributed by atoms with E-state index in [0.717, 1.165) is 23.2 Å². The number of H-pyrrole nitrogens is 1. The van der Waals surface area contributed by atoms with Crippen LogP contribution >= 0.6 is 0 Å². The summed E-state index contributed by atoms with van der Waals surface area (Å²) in [4.78, 5) is 4.04. The number of benzene rings is 1. The van der Waals surface area contributed by atoms with Gasteiger partial charge in [0.15, 0.2) is 0 Å². The molecule has 4 nitrogen and oxygen atoms in total. The quantitative estimate of drug-likeness (QED) is 0.761. The lowest BCUT2D eigenvalue weighted by Gasteiger charge is -2.11. The molecule has 0 saturated carbocycles. The third-order valence-corrected chi connectivity index (χ3v) is 3.31. The van der Waals surface area contributed by atoms with Gasteiger partial charge >= 0.3 is 0 Å². The lowest BCUT2D eigenvalue weighted by atomic mass is 9.99. The second kappa shape index (κ2) is 5.67. The largest absolute Gasteiger partial charge is 0.322 e. The molecular weight excluding hydrogens is 248 g/mol. The second-order valence-corrected chi connectivity index (χ2v) is 4.72. The summed E-state index contributed by atoms with van der Waals surface area (Å²) in [6.07, 6.45) is 6.20. The predicted octanol–water partition coefficient (Wildman–Crippen LogP) is 2.71. The van der Waals surface area contributed by atoms with Crippen LogP contribution in [0.5, 0.6) is 0 Å². The van der Waals surface area contributed by atoms with Crippen LogP contribution < -0.4 is 5.73 Å². The van der Waals surface area contributed by atoms with E-state index in [0.29, 0.717) is 0 Å². The van der Waals surface area contributed by atoms with E-state index in [1.165, 1.54) is 5.56 Å². The van der Waals surface area contributed by atoms with Crippen LogP contribution in [0.1, 0.15) is 17.3 Å². The molecule has 0 spiro atoms. The molecule has 100 valence electrons. The highest BCUT2D eigenvalue weighted by molar-refractivity contribution is 5.65. The van der Waals surface area contributed by atoms with Gasteiger partial charge in [0.25, 0.3) is 0 Å². The monoisotopic (exact) mass is 264 g/mol. The highest BCUT2D eigenvalue weighted by atomic mass is 15.1. The molecular formula is C16H16N4. The molecule has 1 aromatic carbocycles. The van der Waals surface area contributed by atoms with Gasteiger partial charge in [-0.1, -0.05) is 30.3 Å². The second-order valence-electron chi connectivity index (χ2n) is 4.72. The molecule has 0 aliphatic carbocycles. The fraction of sp³-hybridized carbons (Fsp3) is 0.125. The third-order valence-electron chi connectivity index (χ3n) is 3.31. The SMILES string of the molecule is N[C@@H](Cc1ccccc1)c1n[nH]cc1-c1ccncc1. The van der Waals surface area contributed by atoms with Crippen LogP contribution in [0.2, 0.25) is 0 Å². The number of hydrogen-bond donors (Lipinski definition) is 2. The summed E-state index contributed by atoms with van der Waals surface area (Å²) in [5.41, 5.74) is 10.5. The van der Waals surface area contributed by atoms with Gasteiger partial charge in [-0.15, -0.1) is 0 Å². The van der Waals surface area contributed by atoms with Crippen molar-refractivity contribution in [1.82, 2.24) is 15.2 Å². The Morgan fingerprint density at radius 1 is 1.05 bits per heavy atom. The van der Waals surface area contributed by atoms with Crippen LogP contribution in [-0.4, -0.2) is 15.2 Å². The number of aromatic nitrogens is 3. The fourth-order valence-corrected chi connectivity index (χ4v) is 2.31. The smallest absolute Gasteiger partial charge is 0.0870 e. The van der Waals surface area contributed by atoms with E-state index in [2.05, 4.69) is 27.3 Å². The Morgan fingerprint density at radius 2 is 1.80 bits per heavy atom. The van der Waals surface area contributed by atoms with Crippen molar-refractivity contribution in [2.45, 2.75) is 12.5 Å². The van der Waals surface area contributed by atoms with Crippen LogP contribution in [0.15, 0.2) is 61.1 Å². The van der Waals surface area contributed by atoms with Crippen molar-refractivity contribution < 1.29 is 0 Å². The summed E-state index contributed by atoms with van der Waals surface area (Å²) >= 11 is 0. The Labute approximate surface area is 117 Å². The molecule has 20 heavy (non-hydrogen) atoms. The van der Waals surface area contributed by atoms with Crippen molar-refractivity contribution in [1.29, 1.82) is 0 Å². The van der Waals surface area contributed by atoms with Crippen molar-refractivity contribution in [2.75, 3.05) is 0 Å². The maximum absolute atomic E-state index is 6.31. The van der Waals surface area contributed by atoms with Crippen molar-refractivity contribution in [3.05, 3.63) is 72.3 Å². The third kappa shape index (κ3) is 2.60. The summed E-state index contributed by atoms with van der Waals surface area (Å²) < 4.78 is 0. The van der Waals surface area contributed by atoms with Crippen LogP contribution in [0.3, 0.4) is 0 Å². The van der Waals surface area contributed by atoms with Gasteiger partial charge < -0.3 is 5.73 Å². The summed E-state index contributed by atoms with van der Waals surface area (Å²) in [5, 5.41) is 7.23. The first-order valence-electron chi connectivity index (χ1n) is 6.58. The molecule has 0 fully saturated rings. The van der Waals surface area contributed by atoms with Crippen LogP contribution in [0.25, 0.3) is 11.1 Å². The van der Waals surface area contributed by atoms with Crippen molar-refractivity contribution >= 4 is 0 Å². The van der Waals surface area contributed by atoms with E-state index in [4.69, 9.17) is 5.73 Å². The molecule has 0 aliphatic heterocycles. The van der Waals surface area contributed by atoms with Crippen molar-refractivity contribution in [2.24, 2.45) is 5.73 Å². The number of aromatic amines is 1. The average Bonchev–Trinajstić information content (AvgIpc) is 2.99. The Balaban J connectivity index is 1.86. The van der Waals surface area contributed by atoms with Gasteiger partial charge in [-0.3, -0.25) is 10.1 Å². The van der Waals surface area contributed by atoms with Gasteiger partial charge in [0.2, 0.25) is 0 Å². The maximum Gasteiger partial charge on any atom is 0.0870 e. The number of nitrogens with two attached hydrogens (primary N) is 1. The van der Waals surface area contributed by atoms with Crippen LogP contribution in [-0.2, 0) is 6.42 Å². The summed E-state index contributed by atoms with van der Waals surface area (Å²) in [6, 6.07) is 14.0. The van der Waals surface area contributed by atoms with E-state index >= 15 is 0 Å². The summed E-state index contributed by atoms with van der Waals surface area (Å²) in [7, 11) is 0. The molecule has 0 radical (unpaired) electrons. The molecule has 2 aromatic heterocycles. The molecule has 2 heterocycles. The van der Waals surface area contributed by atoms with Gasteiger partial charge in [0.05, 0.1) is 11.7 Å². The molecule has 3 N–H and O–H groups in total. The van der Waals surface area contributed by atoms with Crippen molar-refractivity contribution in [3.8, 4) is 11.1 Å². The molecule has 0 aliphatic rings. The molecule has 4 heteroatoms. The molecule has 0 bridgehead atoms. The average molecular weight is 264 g/mol. The van der Waals surface area contributed by atoms with Crippen molar-refractivity contribution in [3.63, 3.8) is 0 Å². The Kier molecular flexibility index (Phi) is 3.56. The van der Waals surface area contributed by atoms with Gasteiger partial charge in [0, 0.05) is 24.2 Å². The summed E-state index contributed by atoms with van der Waals surface area (Å²) in [6.45, 7) is 0. The Hall–Kier alpha value is -2.46. The minimum absolute atomic E-state index is 0.133. The number of nitrogens with zero attached hydrogens (tertiary/aromatic N) is 2. The Morgan fingerprint density at radius 3 is 2.55 bits per heavy atom. The molecule has 0 unspecified atom stereocenters. The van der Waals surface area contributed by atoms with Gasteiger partial charge in [-0.25, -0.2) is 0 Å². The van der Waals surface area contributed by atoms with E-state index in [1.807, 2.05) is 36.5 Å². The maximum atomic E-state index is 6.31. The van der Waals surface area contributed by atoms with E-state index < -0.39 is 0 Å². The first kappa shape index (κ1) is 12.6. The van der Waals surface area contributed by atoms with Crippen LogP contribution in [0.4, 0.5) is 0 Å². The number of pyridine rings is 1. The van der Waals surface area contributed by atoms with Crippen LogP contribution in [0, 0.1) is 0 Å². The zero-order valence-electron chi connectivity index (χ0n) is 11.0. The minimum Gasteiger partial charge on any atom is -0.322 e. The van der Waals surface area contributed by atoms with E-state index in [1.54, 1.807) is 12.4 Å². The normalized spacial score (nSPS) is 12.2. The fourth-order valence-electron chi connectivity index (χ4n) is 2.31. The lowest BCUT2D eigenvalue weighted by Crippen LogP contribution is -2.14. The predicted molar refractivity (Wildman–Crippen MR) is 78.9 cm³/mol. The molecule has 0 saturated heterocycles. The molecule has 0 amide bonds. The number of rotatable bonds is 4. The highest BCUT2D eigenvalue weighted by Crippen LogP contribution is 2.26. The van der Waals surface area contributed by atoms with E-state index in [9.17, 15) is 0 Å². The highest BCUT2D eigenvalue weighted by Gasteiger charge is 2.15. The minimum atomic E-state index is -0.133. The zero-order valence-corrected chi connectivity index (χ0v) is 11.0. The Bertz CT molecular complexity index is 661. The topological polar surface area (TPSA) is 67.6 Å². The summed E-state index contributed by atoms with van der Waals surface area (Å²) in [5.74, 6) is 0. The van der Waals surface area contributed by atoms with Gasteiger partial charge in [0.1, 0.15) is 0 Å². The van der Waals surface area contributed by atoms with Gasteiger partial charge in [-0.2, -0.15) is 5.10 Å². The standard InChI is InChI=1S/C16H16N4/c17-15(10-12-4-2-1-3-5-12)16-14(11-19-20-16)13-6-8-18-9-7-13/h1-9,11,15H,10,17H2,(H,19,20)/t15-/m0/s1. The first-order chi connectivity index (χ1) is 9.84. The first-order valence-corrected chi connectivity index (χ1v) is 6.58. The van der Waals surface area contributed by atoms with Gasteiger partial charge in [-0.05, 0) is 29.7 Å². The number of nitrogens with one attached hydrogen (secondary N) is 1. The molecule has 3 aromatic rings. The zero-order chi connectivity index (χ0) is 13.8. The van der Waals surface area contributed by atoms with E-state index in [-0.39, 0.29) is 6.04 Å². The molecule has 3 rings (SSSR count). The number of hydrogen-bond acceptors (Lipinski definition) is 3. The lowest BCUT2D eigenvalue weighted by molar-refractivity contribution is 0.693. The molecule has 1 atom stereocenters.